The number of halogens is 2. The van der Waals surface area contributed by atoms with Gasteiger partial charge in [0.15, 0.2) is 5.82 Å². The summed E-state index contributed by atoms with van der Waals surface area (Å²) in [6, 6.07) is 10.3. The SMILES string of the molecule is Cl.Cl.c1ccc(-n2cncn2)c(Cn2ccnc2-c2cc3n(n2)CCCNC3)c1. The minimum atomic E-state index is 0. The number of para-hydroxylation sites is 1. The second-order valence-corrected chi connectivity index (χ2v) is 6.62. The van der Waals surface area contributed by atoms with Gasteiger partial charge in [0.1, 0.15) is 18.3 Å². The average Bonchev–Trinajstić information content (AvgIpc) is 3.42. The van der Waals surface area contributed by atoms with Gasteiger partial charge in [0.05, 0.1) is 17.9 Å². The van der Waals surface area contributed by atoms with Crippen LogP contribution in [-0.4, -0.2) is 40.6 Å². The Bertz CT molecular complexity index is 1030. The highest BCUT2D eigenvalue weighted by Crippen LogP contribution is 2.22. The van der Waals surface area contributed by atoms with Crippen molar-refractivity contribution in [2.24, 2.45) is 0 Å². The lowest BCUT2D eigenvalue weighted by molar-refractivity contribution is 0.588. The molecule has 0 bridgehead atoms. The number of hydrogen-bond acceptors (Lipinski definition) is 5. The maximum absolute atomic E-state index is 4.79. The Labute approximate surface area is 180 Å². The molecule has 4 aromatic rings. The van der Waals surface area contributed by atoms with Crippen LogP contribution < -0.4 is 5.32 Å². The van der Waals surface area contributed by atoms with Crippen molar-refractivity contribution in [1.82, 2.24) is 39.4 Å². The Morgan fingerprint density at radius 1 is 1.14 bits per heavy atom. The number of fused-ring (bicyclic) bond motifs is 1. The van der Waals surface area contributed by atoms with E-state index in [9.17, 15) is 0 Å². The lowest BCUT2D eigenvalue weighted by atomic mass is 10.1. The molecule has 152 valence electrons. The first-order valence-corrected chi connectivity index (χ1v) is 9.10. The summed E-state index contributed by atoms with van der Waals surface area (Å²) in [5.41, 5.74) is 4.28. The fourth-order valence-corrected chi connectivity index (χ4v) is 3.53. The molecule has 4 heterocycles. The van der Waals surface area contributed by atoms with Crippen LogP contribution in [0.1, 0.15) is 17.7 Å². The van der Waals surface area contributed by atoms with Crippen molar-refractivity contribution < 1.29 is 0 Å². The highest BCUT2D eigenvalue weighted by molar-refractivity contribution is 5.85. The molecular weight excluding hydrogens is 411 g/mol. The molecule has 0 fully saturated rings. The van der Waals surface area contributed by atoms with Gasteiger partial charge in [-0.1, -0.05) is 18.2 Å². The van der Waals surface area contributed by atoms with Crippen molar-refractivity contribution in [3.05, 3.63) is 66.6 Å². The second kappa shape index (κ2) is 9.21. The lowest BCUT2D eigenvalue weighted by Gasteiger charge is -2.11. The van der Waals surface area contributed by atoms with E-state index in [1.165, 1.54) is 5.69 Å². The van der Waals surface area contributed by atoms with Crippen LogP contribution in [0.5, 0.6) is 0 Å². The van der Waals surface area contributed by atoms with Crippen LogP contribution in [0.3, 0.4) is 0 Å². The molecule has 1 aliphatic heterocycles. The molecular formula is C19H22Cl2N8. The van der Waals surface area contributed by atoms with Gasteiger partial charge in [0, 0.05) is 25.5 Å². The van der Waals surface area contributed by atoms with E-state index in [0.717, 1.165) is 48.8 Å². The van der Waals surface area contributed by atoms with E-state index >= 15 is 0 Å². The Morgan fingerprint density at radius 2 is 2.03 bits per heavy atom. The summed E-state index contributed by atoms with van der Waals surface area (Å²) >= 11 is 0. The smallest absolute Gasteiger partial charge is 0.160 e. The van der Waals surface area contributed by atoms with E-state index in [-0.39, 0.29) is 24.8 Å². The quantitative estimate of drug-likeness (QED) is 0.536. The van der Waals surface area contributed by atoms with E-state index in [1.54, 1.807) is 17.3 Å². The van der Waals surface area contributed by atoms with Gasteiger partial charge < -0.3 is 9.88 Å². The summed E-state index contributed by atoms with van der Waals surface area (Å²) in [4.78, 5) is 8.63. The summed E-state index contributed by atoms with van der Waals surface area (Å²) in [5, 5.41) is 12.5. The highest BCUT2D eigenvalue weighted by atomic mass is 35.5. The minimum Gasteiger partial charge on any atom is -0.325 e. The minimum absolute atomic E-state index is 0. The molecule has 29 heavy (non-hydrogen) atoms. The number of benzene rings is 1. The van der Waals surface area contributed by atoms with E-state index in [1.807, 2.05) is 30.6 Å². The molecule has 5 rings (SSSR count). The van der Waals surface area contributed by atoms with E-state index in [0.29, 0.717) is 6.54 Å². The molecule has 3 aromatic heterocycles. The van der Waals surface area contributed by atoms with Gasteiger partial charge >= 0.3 is 0 Å². The standard InChI is InChI=1S/C19H20N8.2ClH/c1-2-5-18(27-14-21-13-23-27)15(4-1)12-25-9-7-22-19(25)17-10-16-11-20-6-3-8-26(16)24-17;;/h1-2,4-5,7,9-10,13-14,20H,3,6,8,11-12H2;2*1H. The zero-order valence-electron chi connectivity index (χ0n) is 15.7. The molecule has 0 aliphatic carbocycles. The molecule has 0 saturated carbocycles. The number of imidazole rings is 1. The van der Waals surface area contributed by atoms with Crippen LogP contribution in [0.25, 0.3) is 17.2 Å². The van der Waals surface area contributed by atoms with Gasteiger partial charge in [-0.2, -0.15) is 10.2 Å². The van der Waals surface area contributed by atoms with Crippen molar-refractivity contribution in [2.75, 3.05) is 6.54 Å². The number of hydrogen-bond donors (Lipinski definition) is 1. The predicted octanol–water partition coefficient (Wildman–Crippen LogP) is 2.71. The maximum Gasteiger partial charge on any atom is 0.160 e. The zero-order chi connectivity index (χ0) is 18.1. The van der Waals surface area contributed by atoms with Gasteiger partial charge in [0.2, 0.25) is 0 Å². The van der Waals surface area contributed by atoms with E-state index in [2.05, 4.69) is 41.8 Å². The molecule has 0 saturated heterocycles. The molecule has 8 nitrogen and oxygen atoms in total. The van der Waals surface area contributed by atoms with Crippen molar-refractivity contribution in [3.63, 3.8) is 0 Å². The lowest BCUT2D eigenvalue weighted by Crippen LogP contribution is -2.11. The summed E-state index contributed by atoms with van der Waals surface area (Å²) < 4.78 is 6.01. The van der Waals surface area contributed by atoms with E-state index in [4.69, 9.17) is 5.10 Å². The topological polar surface area (TPSA) is 78.4 Å². The zero-order valence-corrected chi connectivity index (χ0v) is 17.3. The van der Waals surface area contributed by atoms with Crippen molar-refractivity contribution in [3.8, 4) is 17.2 Å². The summed E-state index contributed by atoms with van der Waals surface area (Å²) in [6.07, 6.45) is 8.18. The first-order chi connectivity index (χ1) is 13.4. The monoisotopic (exact) mass is 432 g/mol. The third kappa shape index (κ3) is 4.19. The molecule has 0 radical (unpaired) electrons. The maximum atomic E-state index is 4.79. The summed E-state index contributed by atoms with van der Waals surface area (Å²) in [7, 11) is 0. The van der Waals surface area contributed by atoms with Gasteiger partial charge in [-0.3, -0.25) is 4.68 Å². The van der Waals surface area contributed by atoms with Gasteiger partial charge in [0.25, 0.3) is 0 Å². The Hall–Kier alpha value is -2.68. The number of nitrogens with zero attached hydrogens (tertiary/aromatic N) is 7. The van der Waals surface area contributed by atoms with Crippen molar-refractivity contribution in [2.45, 2.75) is 26.1 Å². The van der Waals surface area contributed by atoms with Crippen molar-refractivity contribution >= 4 is 24.8 Å². The average molecular weight is 433 g/mol. The molecule has 1 N–H and O–H groups in total. The van der Waals surface area contributed by atoms with Gasteiger partial charge in [-0.15, -0.1) is 24.8 Å². The number of nitrogens with one attached hydrogen (secondary N) is 1. The molecule has 0 spiro atoms. The van der Waals surface area contributed by atoms with Crippen LogP contribution in [0.4, 0.5) is 0 Å². The molecule has 0 unspecified atom stereocenters. The van der Waals surface area contributed by atoms with Crippen LogP contribution in [0.2, 0.25) is 0 Å². The summed E-state index contributed by atoms with van der Waals surface area (Å²) in [6.45, 7) is 3.51. The first kappa shape index (κ1) is 21.0. The number of aryl methyl sites for hydroxylation is 1. The Kier molecular flexibility index (Phi) is 6.68. The third-order valence-electron chi connectivity index (χ3n) is 4.84. The van der Waals surface area contributed by atoms with Crippen LogP contribution in [0, 0.1) is 0 Å². The molecule has 0 atom stereocenters. The number of aromatic nitrogens is 7. The van der Waals surface area contributed by atoms with Crippen LogP contribution in [-0.2, 0) is 19.6 Å². The number of rotatable bonds is 4. The second-order valence-electron chi connectivity index (χ2n) is 6.62. The van der Waals surface area contributed by atoms with Crippen LogP contribution in [0.15, 0.2) is 55.4 Å². The molecule has 0 amide bonds. The Morgan fingerprint density at radius 3 is 2.90 bits per heavy atom. The first-order valence-electron chi connectivity index (χ1n) is 9.10. The van der Waals surface area contributed by atoms with Gasteiger partial charge in [-0.05, 0) is 30.7 Å². The molecule has 1 aliphatic rings. The molecule has 10 heteroatoms. The third-order valence-corrected chi connectivity index (χ3v) is 4.84. The Balaban J connectivity index is 0.00000120. The fourth-order valence-electron chi connectivity index (χ4n) is 3.53. The van der Waals surface area contributed by atoms with Gasteiger partial charge in [-0.25, -0.2) is 14.6 Å². The van der Waals surface area contributed by atoms with Crippen molar-refractivity contribution in [1.29, 1.82) is 0 Å². The molecule has 1 aromatic carbocycles. The summed E-state index contributed by atoms with van der Waals surface area (Å²) in [5.74, 6) is 0.879. The predicted molar refractivity (Wildman–Crippen MR) is 115 cm³/mol. The largest absolute Gasteiger partial charge is 0.325 e. The van der Waals surface area contributed by atoms with Crippen LogP contribution >= 0.6 is 24.8 Å². The highest BCUT2D eigenvalue weighted by Gasteiger charge is 2.16. The fraction of sp³-hybridized carbons (Fsp3) is 0.263. The van der Waals surface area contributed by atoms with E-state index < -0.39 is 0 Å². The normalized spacial score (nSPS) is 13.1.